The number of nitrogens with one attached hydrogen (secondary N) is 1. The molecule has 0 radical (unpaired) electrons. The first kappa shape index (κ1) is 22.1. The Bertz CT molecular complexity index is 1320. The number of aromatic nitrogens is 1. The minimum absolute atomic E-state index is 0.106. The zero-order valence-electron chi connectivity index (χ0n) is 19.2. The number of carbonyl (C=O) groups is 3. The third-order valence-corrected chi connectivity index (χ3v) is 5.95. The maximum absolute atomic E-state index is 13.2. The molecule has 0 atom stereocenters. The van der Waals surface area contributed by atoms with Gasteiger partial charge in [0.2, 0.25) is 0 Å². The van der Waals surface area contributed by atoms with Crippen molar-refractivity contribution in [3.63, 3.8) is 0 Å². The van der Waals surface area contributed by atoms with Crippen molar-refractivity contribution in [1.29, 1.82) is 0 Å². The molecule has 33 heavy (non-hydrogen) atoms. The van der Waals surface area contributed by atoms with Gasteiger partial charge in [0.05, 0.1) is 12.8 Å². The molecule has 2 aromatic carbocycles. The molecule has 1 aromatic heterocycles. The number of hydrogen-bond acceptors (Lipinski definition) is 4. The summed E-state index contributed by atoms with van der Waals surface area (Å²) in [6.07, 6.45) is 1.54. The average Bonchev–Trinajstić information content (AvgIpc) is 3.06. The molecule has 0 saturated carbocycles. The van der Waals surface area contributed by atoms with E-state index < -0.39 is 17.8 Å². The minimum Gasteiger partial charge on any atom is -0.497 e. The van der Waals surface area contributed by atoms with Crippen LogP contribution in [0.4, 0.5) is 10.5 Å². The van der Waals surface area contributed by atoms with Gasteiger partial charge in [-0.15, -0.1) is 0 Å². The number of anilines is 1. The van der Waals surface area contributed by atoms with Crippen LogP contribution in [0.25, 0.3) is 11.8 Å². The van der Waals surface area contributed by atoms with Crippen LogP contribution >= 0.6 is 0 Å². The van der Waals surface area contributed by atoms with Gasteiger partial charge in [-0.3, -0.25) is 14.9 Å². The molecule has 1 saturated heterocycles. The van der Waals surface area contributed by atoms with E-state index in [1.54, 1.807) is 30.3 Å². The number of hydrogen-bond donors (Lipinski definition) is 1. The second-order valence-corrected chi connectivity index (χ2v) is 8.09. The standard InChI is InChI=1S/C26H25N3O4/c1-15-6-7-21(12-16(15)2)28-17(3)13-19(18(28)4)14-23-24(30)27-26(32)29(25(23)31)20-8-10-22(33-5)11-9-20/h6-14H,1-5H3,(H,27,30,32)/b23-14+. The first-order chi connectivity index (χ1) is 15.7. The topological polar surface area (TPSA) is 80.6 Å². The number of rotatable bonds is 4. The number of barbiturate groups is 1. The maximum Gasteiger partial charge on any atom is 0.335 e. The Hall–Kier alpha value is -4.13. The van der Waals surface area contributed by atoms with Gasteiger partial charge in [-0.1, -0.05) is 6.07 Å². The predicted molar refractivity (Wildman–Crippen MR) is 127 cm³/mol. The third kappa shape index (κ3) is 3.93. The van der Waals surface area contributed by atoms with Crippen LogP contribution in [0.15, 0.2) is 54.1 Å². The van der Waals surface area contributed by atoms with Gasteiger partial charge in [0.25, 0.3) is 11.8 Å². The normalized spacial score (nSPS) is 15.2. The Morgan fingerprint density at radius 3 is 2.15 bits per heavy atom. The summed E-state index contributed by atoms with van der Waals surface area (Å²) in [6.45, 7) is 8.03. The molecule has 1 aliphatic heterocycles. The molecule has 1 aliphatic rings. The van der Waals surface area contributed by atoms with E-state index in [0.717, 1.165) is 27.5 Å². The Kier molecular flexibility index (Phi) is 5.64. The van der Waals surface area contributed by atoms with E-state index >= 15 is 0 Å². The van der Waals surface area contributed by atoms with Gasteiger partial charge in [0, 0.05) is 17.1 Å². The summed E-state index contributed by atoms with van der Waals surface area (Å²) < 4.78 is 7.21. The first-order valence-corrected chi connectivity index (χ1v) is 10.5. The van der Waals surface area contributed by atoms with Crippen molar-refractivity contribution in [2.45, 2.75) is 27.7 Å². The van der Waals surface area contributed by atoms with Crippen molar-refractivity contribution < 1.29 is 19.1 Å². The van der Waals surface area contributed by atoms with Crippen LogP contribution in [-0.4, -0.2) is 29.5 Å². The Morgan fingerprint density at radius 2 is 1.52 bits per heavy atom. The van der Waals surface area contributed by atoms with Crippen LogP contribution < -0.4 is 15.0 Å². The van der Waals surface area contributed by atoms with E-state index in [1.807, 2.05) is 26.0 Å². The lowest BCUT2D eigenvalue weighted by atomic mass is 10.1. The number of imide groups is 2. The van der Waals surface area contributed by atoms with E-state index in [2.05, 4.69) is 35.9 Å². The average molecular weight is 444 g/mol. The summed E-state index contributed by atoms with van der Waals surface area (Å²) in [5.41, 5.74) is 6.21. The number of urea groups is 1. The van der Waals surface area contributed by atoms with E-state index in [1.165, 1.54) is 18.2 Å². The number of methoxy groups -OCH3 is 1. The molecule has 1 N–H and O–H groups in total. The summed E-state index contributed by atoms with van der Waals surface area (Å²) in [5.74, 6) is -0.801. The summed E-state index contributed by atoms with van der Waals surface area (Å²) >= 11 is 0. The smallest absolute Gasteiger partial charge is 0.335 e. The van der Waals surface area contributed by atoms with Crippen LogP contribution in [0.1, 0.15) is 28.1 Å². The molecule has 0 spiro atoms. The molecule has 0 aliphatic carbocycles. The van der Waals surface area contributed by atoms with E-state index in [9.17, 15) is 14.4 Å². The van der Waals surface area contributed by atoms with Crippen LogP contribution in [0, 0.1) is 27.7 Å². The van der Waals surface area contributed by atoms with Crippen LogP contribution in [0.2, 0.25) is 0 Å². The van der Waals surface area contributed by atoms with Crippen molar-refractivity contribution in [2.24, 2.45) is 0 Å². The quantitative estimate of drug-likeness (QED) is 0.479. The highest BCUT2D eigenvalue weighted by atomic mass is 16.5. The van der Waals surface area contributed by atoms with Gasteiger partial charge in [-0.05, 0) is 92.9 Å². The lowest BCUT2D eigenvalue weighted by molar-refractivity contribution is -0.122. The number of benzene rings is 2. The molecule has 168 valence electrons. The minimum atomic E-state index is -0.784. The Labute approximate surface area is 192 Å². The molecule has 4 amide bonds. The molecule has 4 rings (SSSR count). The summed E-state index contributed by atoms with van der Waals surface area (Å²) in [7, 11) is 1.53. The van der Waals surface area contributed by atoms with E-state index in [0.29, 0.717) is 11.4 Å². The fourth-order valence-electron chi connectivity index (χ4n) is 3.97. The molecule has 7 nitrogen and oxygen atoms in total. The molecule has 7 heteroatoms. The second kappa shape index (κ2) is 8.43. The molecule has 0 unspecified atom stereocenters. The van der Waals surface area contributed by atoms with Gasteiger partial charge < -0.3 is 9.30 Å². The first-order valence-electron chi connectivity index (χ1n) is 10.5. The highest BCUT2D eigenvalue weighted by molar-refractivity contribution is 6.39. The molecule has 2 heterocycles. The Balaban J connectivity index is 1.74. The van der Waals surface area contributed by atoms with Crippen molar-refractivity contribution in [3.8, 4) is 11.4 Å². The summed E-state index contributed by atoms with van der Waals surface area (Å²) in [4.78, 5) is 39.2. The zero-order valence-corrected chi connectivity index (χ0v) is 19.2. The summed E-state index contributed by atoms with van der Waals surface area (Å²) in [6, 6.07) is 13.8. The number of amides is 4. The van der Waals surface area contributed by atoms with Crippen molar-refractivity contribution >= 4 is 29.6 Å². The number of aryl methyl sites for hydroxylation is 3. The van der Waals surface area contributed by atoms with Crippen LogP contribution in [0.5, 0.6) is 5.75 Å². The summed E-state index contributed by atoms with van der Waals surface area (Å²) in [5, 5.41) is 2.26. The number of carbonyl (C=O) groups excluding carboxylic acids is 3. The van der Waals surface area contributed by atoms with Gasteiger partial charge in [0.15, 0.2) is 0 Å². The maximum atomic E-state index is 13.2. The largest absolute Gasteiger partial charge is 0.497 e. The van der Waals surface area contributed by atoms with Gasteiger partial charge >= 0.3 is 6.03 Å². The van der Waals surface area contributed by atoms with Gasteiger partial charge in [0.1, 0.15) is 11.3 Å². The second-order valence-electron chi connectivity index (χ2n) is 8.09. The number of ether oxygens (including phenoxy) is 1. The van der Waals surface area contributed by atoms with E-state index in [4.69, 9.17) is 4.74 Å². The monoisotopic (exact) mass is 443 g/mol. The third-order valence-electron chi connectivity index (χ3n) is 5.95. The van der Waals surface area contributed by atoms with Crippen LogP contribution in [0.3, 0.4) is 0 Å². The van der Waals surface area contributed by atoms with Crippen molar-refractivity contribution in [2.75, 3.05) is 12.0 Å². The van der Waals surface area contributed by atoms with Gasteiger partial charge in [-0.25, -0.2) is 9.69 Å². The SMILES string of the molecule is COc1ccc(N2C(=O)NC(=O)/C(=C\c3cc(C)n(-c4ccc(C)c(C)c4)c3C)C2=O)cc1. The number of nitrogens with zero attached hydrogens (tertiary/aromatic N) is 2. The predicted octanol–water partition coefficient (Wildman–Crippen LogP) is 4.39. The fraction of sp³-hybridized carbons (Fsp3) is 0.192. The molecular weight excluding hydrogens is 418 g/mol. The molecular formula is C26H25N3O4. The van der Waals surface area contributed by atoms with Crippen molar-refractivity contribution in [3.05, 3.63) is 82.2 Å². The molecule has 1 fully saturated rings. The van der Waals surface area contributed by atoms with Crippen LogP contribution in [-0.2, 0) is 9.59 Å². The fourth-order valence-corrected chi connectivity index (χ4v) is 3.97. The lowest BCUT2D eigenvalue weighted by Gasteiger charge is -2.26. The zero-order chi connectivity index (χ0) is 23.9. The van der Waals surface area contributed by atoms with Crippen molar-refractivity contribution in [1.82, 2.24) is 9.88 Å². The Morgan fingerprint density at radius 1 is 0.848 bits per heavy atom. The lowest BCUT2D eigenvalue weighted by Crippen LogP contribution is -2.54. The molecule has 3 aromatic rings. The van der Waals surface area contributed by atoms with Gasteiger partial charge in [-0.2, -0.15) is 0 Å². The molecule has 0 bridgehead atoms. The highest BCUT2D eigenvalue weighted by Gasteiger charge is 2.37. The van der Waals surface area contributed by atoms with E-state index in [-0.39, 0.29) is 5.57 Å². The highest BCUT2D eigenvalue weighted by Crippen LogP contribution is 2.27.